The number of fused-ring (bicyclic) bond motifs is 1. The largest absolute Gasteiger partial charge is 0.497 e. The van der Waals surface area contributed by atoms with E-state index in [4.69, 9.17) is 25.2 Å². The highest BCUT2D eigenvalue weighted by Gasteiger charge is 2.17. The Bertz CT molecular complexity index is 1040. The van der Waals surface area contributed by atoms with Crippen molar-refractivity contribution in [3.63, 3.8) is 0 Å². The van der Waals surface area contributed by atoms with Gasteiger partial charge in [0, 0.05) is 43.5 Å². The van der Waals surface area contributed by atoms with Gasteiger partial charge in [0.1, 0.15) is 22.8 Å². The van der Waals surface area contributed by atoms with Gasteiger partial charge in [0.15, 0.2) is 5.65 Å². The molecule has 0 saturated heterocycles. The highest BCUT2D eigenvalue weighted by atomic mass is 16.5. The zero-order valence-electron chi connectivity index (χ0n) is 22.2. The molecular weight excluding hydrogens is 440 g/mol. The molecule has 0 aliphatic carbocycles. The number of imidazole rings is 1. The minimum Gasteiger partial charge on any atom is -0.497 e. The summed E-state index contributed by atoms with van der Waals surface area (Å²) in [5.41, 5.74) is 8.43. The van der Waals surface area contributed by atoms with Crippen molar-refractivity contribution in [2.24, 2.45) is 17.6 Å². The van der Waals surface area contributed by atoms with Crippen molar-refractivity contribution in [2.75, 3.05) is 44.1 Å². The molecule has 0 atom stereocenters. The smallest absolute Gasteiger partial charge is 0.209 e. The third kappa shape index (κ3) is 7.24. The summed E-state index contributed by atoms with van der Waals surface area (Å²) in [5.74, 6) is 4.44. The zero-order valence-corrected chi connectivity index (χ0v) is 22.2. The minimum atomic E-state index is 0.598. The van der Waals surface area contributed by atoms with E-state index in [2.05, 4.69) is 54.6 Å². The van der Waals surface area contributed by atoms with E-state index in [1.807, 2.05) is 18.2 Å². The van der Waals surface area contributed by atoms with Gasteiger partial charge in [-0.15, -0.1) is 0 Å². The van der Waals surface area contributed by atoms with Crippen molar-refractivity contribution < 1.29 is 9.47 Å². The molecule has 0 saturated carbocycles. The van der Waals surface area contributed by atoms with Crippen LogP contribution in [0.5, 0.6) is 11.5 Å². The molecule has 3 aromatic rings. The van der Waals surface area contributed by atoms with Crippen LogP contribution in [0.25, 0.3) is 11.2 Å². The van der Waals surface area contributed by atoms with Gasteiger partial charge >= 0.3 is 0 Å². The molecule has 0 aliphatic rings. The molecule has 1 aromatic carbocycles. The van der Waals surface area contributed by atoms with Crippen LogP contribution in [0.1, 0.15) is 47.0 Å². The Balaban J connectivity index is 1.99. The average Bonchev–Trinajstić information content (AvgIpc) is 3.17. The predicted octanol–water partition coefficient (Wildman–Crippen LogP) is 5.44. The summed E-state index contributed by atoms with van der Waals surface area (Å²) in [6.45, 7) is 12.4. The normalized spacial score (nSPS) is 11.5. The van der Waals surface area contributed by atoms with Crippen LogP contribution in [0.3, 0.4) is 0 Å². The molecule has 0 radical (unpaired) electrons. The minimum absolute atomic E-state index is 0.598. The number of methoxy groups -OCH3 is 2. The number of hydrogen-bond donors (Lipinski definition) is 2. The maximum Gasteiger partial charge on any atom is 0.209 e. The highest BCUT2D eigenvalue weighted by Crippen LogP contribution is 2.30. The van der Waals surface area contributed by atoms with Gasteiger partial charge in [-0.25, -0.2) is 9.97 Å². The lowest BCUT2D eigenvalue weighted by atomic mass is 10.1. The van der Waals surface area contributed by atoms with E-state index in [1.54, 1.807) is 14.2 Å². The lowest BCUT2D eigenvalue weighted by molar-refractivity contribution is 0.395. The molecule has 2 heterocycles. The van der Waals surface area contributed by atoms with Crippen molar-refractivity contribution in [2.45, 2.75) is 53.5 Å². The topological polar surface area (TPSA) is 90.5 Å². The Labute approximate surface area is 209 Å². The van der Waals surface area contributed by atoms with Crippen molar-refractivity contribution in [1.29, 1.82) is 0 Å². The third-order valence-electron chi connectivity index (χ3n) is 6.05. The van der Waals surface area contributed by atoms with Gasteiger partial charge in [-0.2, -0.15) is 0 Å². The van der Waals surface area contributed by atoms with Crippen molar-refractivity contribution in [3.8, 4) is 11.5 Å². The Kier molecular flexibility index (Phi) is 9.60. The van der Waals surface area contributed by atoms with Crippen LogP contribution < -0.4 is 25.4 Å². The highest BCUT2D eigenvalue weighted by molar-refractivity contribution is 5.78. The molecule has 0 amide bonds. The molecule has 2 aromatic heterocycles. The van der Waals surface area contributed by atoms with Gasteiger partial charge < -0.3 is 25.4 Å². The maximum atomic E-state index is 5.87. The van der Waals surface area contributed by atoms with Crippen LogP contribution in [-0.2, 0) is 6.54 Å². The number of hydrogen-bond acceptors (Lipinski definition) is 7. The number of aromatic nitrogens is 3. The van der Waals surface area contributed by atoms with Gasteiger partial charge in [0.2, 0.25) is 5.95 Å². The van der Waals surface area contributed by atoms with Crippen molar-refractivity contribution in [1.82, 2.24) is 14.5 Å². The fourth-order valence-electron chi connectivity index (χ4n) is 3.90. The fourth-order valence-corrected chi connectivity index (χ4v) is 3.90. The lowest BCUT2D eigenvalue weighted by Crippen LogP contribution is -2.28. The van der Waals surface area contributed by atoms with Crippen LogP contribution in [0, 0.1) is 11.8 Å². The molecule has 35 heavy (non-hydrogen) atoms. The molecular formula is C27H42N6O2. The molecule has 0 bridgehead atoms. The first kappa shape index (κ1) is 26.6. The van der Waals surface area contributed by atoms with E-state index >= 15 is 0 Å². The van der Waals surface area contributed by atoms with Crippen LogP contribution in [-0.4, -0.2) is 48.4 Å². The maximum absolute atomic E-state index is 5.87. The van der Waals surface area contributed by atoms with Gasteiger partial charge in [-0.3, -0.25) is 4.57 Å². The summed E-state index contributed by atoms with van der Waals surface area (Å²) >= 11 is 0. The summed E-state index contributed by atoms with van der Waals surface area (Å²) in [6, 6.07) is 9.87. The molecule has 0 spiro atoms. The van der Waals surface area contributed by atoms with Gasteiger partial charge in [-0.1, -0.05) is 27.7 Å². The molecule has 3 N–H and O–H groups in total. The Morgan fingerprint density at radius 1 is 0.943 bits per heavy atom. The number of aryl methyl sites for hydroxylation is 1. The summed E-state index contributed by atoms with van der Waals surface area (Å²) in [4.78, 5) is 12.4. The first-order valence-corrected chi connectivity index (χ1v) is 12.7. The van der Waals surface area contributed by atoms with E-state index < -0.39 is 0 Å². The molecule has 8 heteroatoms. The third-order valence-corrected chi connectivity index (χ3v) is 6.05. The molecule has 8 nitrogen and oxygen atoms in total. The summed E-state index contributed by atoms with van der Waals surface area (Å²) in [7, 11) is 3.29. The number of nitrogens with one attached hydrogen (secondary N) is 1. The van der Waals surface area contributed by atoms with E-state index in [1.165, 1.54) is 0 Å². The number of pyridine rings is 1. The van der Waals surface area contributed by atoms with Crippen LogP contribution in [0.15, 0.2) is 30.3 Å². The lowest BCUT2D eigenvalue weighted by Gasteiger charge is -2.25. The van der Waals surface area contributed by atoms with Crippen LogP contribution in [0.2, 0.25) is 0 Å². The predicted molar refractivity (Wildman–Crippen MR) is 145 cm³/mol. The molecule has 3 rings (SSSR count). The number of rotatable bonds is 14. The quantitative estimate of drug-likeness (QED) is 0.316. The van der Waals surface area contributed by atoms with Gasteiger partial charge in [0.25, 0.3) is 0 Å². The Morgan fingerprint density at radius 2 is 1.57 bits per heavy atom. The van der Waals surface area contributed by atoms with E-state index in [0.29, 0.717) is 29.9 Å². The number of ether oxygens (including phenoxy) is 2. The van der Waals surface area contributed by atoms with Crippen molar-refractivity contribution >= 4 is 28.6 Å². The first-order valence-electron chi connectivity index (χ1n) is 12.7. The summed E-state index contributed by atoms with van der Waals surface area (Å²) in [5, 5.41) is 3.45. The SMILES string of the molecule is COc1cc(Nc2nc3ccc(N(CCC(C)C)CCC(C)C)nc3n2CCCN)cc(OC)c1. The molecule has 192 valence electrons. The number of benzene rings is 1. The Hall–Kier alpha value is -3.00. The molecule has 0 fully saturated rings. The second kappa shape index (κ2) is 12.6. The average molecular weight is 483 g/mol. The monoisotopic (exact) mass is 482 g/mol. The first-order chi connectivity index (χ1) is 16.8. The summed E-state index contributed by atoms with van der Waals surface area (Å²) < 4.78 is 13.0. The van der Waals surface area contributed by atoms with E-state index in [0.717, 1.165) is 67.5 Å². The second-order valence-electron chi connectivity index (χ2n) is 9.82. The van der Waals surface area contributed by atoms with Gasteiger partial charge in [0.05, 0.1) is 14.2 Å². The standard InChI is InChI=1S/C27H42N6O2/c1-19(2)10-14-32(15-11-20(3)4)25-9-8-24-26(31-25)33(13-7-12-28)27(30-24)29-21-16-22(34-5)18-23(17-21)35-6/h8-9,16-20H,7,10-15,28H2,1-6H3,(H,29,30). The fraction of sp³-hybridized carbons (Fsp3) is 0.556. The van der Waals surface area contributed by atoms with E-state index in [9.17, 15) is 0 Å². The second-order valence-corrected chi connectivity index (χ2v) is 9.82. The number of nitrogens with two attached hydrogens (primary N) is 1. The van der Waals surface area contributed by atoms with Gasteiger partial charge in [-0.05, 0) is 49.8 Å². The summed E-state index contributed by atoms with van der Waals surface area (Å²) in [6.07, 6.45) is 3.10. The Morgan fingerprint density at radius 3 is 2.11 bits per heavy atom. The van der Waals surface area contributed by atoms with Crippen LogP contribution >= 0.6 is 0 Å². The molecule has 0 unspecified atom stereocenters. The molecule has 0 aliphatic heterocycles. The zero-order chi connectivity index (χ0) is 25.4. The van der Waals surface area contributed by atoms with E-state index in [-0.39, 0.29) is 0 Å². The van der Waals surface area contributed by atoms with Crippen molar-refractivity contribution in [3.05, 3.63) is 30.3 Å². The number of anilines is 3. The number of nitrogens with zero attached hydrogens (tertiary/aromatic N) is 4. The van der Waals surface area contributed by atoms with Crippen LogP contribution in [0.4, 0.5) is 17.5 Å².